The van der Waals surface area contributed by atoms with Gasteiger partial charge >= 0.3 is 5.97 Å². The molecule has 0 radical (unpaired) electrons. The van der Waals surface area contributed by atoms with E-state index in [9.17, 15) is 9.18 Å². The second-order valence-electron chi connectivity index (χ2n) is 3.53. The van der Waals surface area contributed by atoms with Crippen LogP contribution in [0.25, 0.3) is 0 Å². The Labute approximate surface area is 104 Å². The Balaban J connectivity index is 2.41. The van der Waals surface area contributed by atoms with Gasteiger partial charge in [-0.15, -0.1) is 0 Å². The largest absolute Gasteiger partial charge is 0.481 e. The molecule has 2 rings (SSSR count). The minimum atomic E-state index is -1.09. The maximum absolute atomic E-state index is 13.9. The highest BCUT2D eigenvalue weighted by Gasteiger charge is 2.26. The van der Waals surface area contributed by atoms with Gasteiger partial charge in [-0.2, -0.15) is 0 Å². The average Bonchev–Trinajstić information content (AvgIpc) is 2.70. The Morgan fingerprint density at radius 1 is 1.65 bits per heavy atom. The zero-order valence-corrected chi connectivity index (χ0v) is 10.2. The fourth-order valence-corrected chi connectivity index (χ4v) is 2.10. The van der Waals surface area contributed by atoms with Crippen LogP contribution in [-0.4, -0.2) is 17.9 Å². The number of nitrogens with two attached hydrogens (primary N) is 1. The summed E-state index contributed by atoms with van der Waals surface area (Å²) >= 11 is 3.03. The summed E-state index contributed by atoms with van der Waals surface area (Å²) in [6.45, 7) is 0.00496. The summed E-state index contributed by atoms with van der Waals surface area (Å²) in [6.07, 6.45) is -0.358. The molecule has 1 unspecified atom stereocenters. The van der Waals surface area contributed by atoms with Crippen LogP contribution in [0.1, 0.15) is 18.0 Å². The van der Waals surface area contributed by atoms with Crippen LogP contribution < -0.4 is 15.2 Å². The van der Waals surface area contributed by atoms with Crippen LogP contribution in [0.5, 0.6) is 11.5 Å². The number of rotatable bonds is 3. The number of carbonyl (C=O) groups is 1. The van der Waals surface area contributed by atoms with E-state index in [1.165, 1.54) is 6.07 Å². The lowest BCUT2D eigenvalue weighted by atomic mass is 10.0. The predicted octanol–water partition coefficient (Wildman–Crippen LogP) is 1.79. The maximum Gasteiger partial charge on any atom is 0.305 e. The van der Waals surface area contributed by atoms with E-state index in [4.69, 9.17) is 20.3 Å². The molecule has 5 nitrogen and oxygen atoms in total. The van der Waals surface area contributed by atoms with Crippen molar-refractivity contribution in [2.24, 2.45) is 5.73 Å². The van der Waals surface area contributed by atoms with Crippen LogP contribution in [0, 0.1) is 5.82 Å². The van der Waals surface area contributed by atoms with E-state index in [1.807, 2.05) is 0 Å². The Morgan fingerprint density at radius 3 is 3.00 bits per heavy atom. The zero-order valence-electron chi connectivity index (χ0n) is 8.57. The van der Waals surface area contributed by atoms with Crippen molar-refractivity contribution in [3.8, 4) is 11.5 Å². The van der Waals surface area contributed by atoms with Gasteiger partial charge in [0.05, 0.1) is 10.9 Å². The SMILES string of the molecule is NC(CC(=O)O)c1cc2c(c(Br)c1F)OCO2. The molecule has 92 valence electrons. The maximum atomic E-state index is 13.9. The average molecular weight is 306 g/mol. The second kappa shape index (κ2) is 4.50. The van der Waals surface area contributed by atoms with Gasteiger partial charge in [0, 0.05) is 11.6 Å². The first kappa shape index (κ1) is 12.1. The molecule has 0 saturated heterocycles. The van der Waals surface area contributed by atoms with Gasteiger partial charge in [-0.1, -0.05) is 0 Å². The molecular weight excluding hydrogens is 297 g/mol. The van der Waals surface area contributed by atoms with Gasteiger partial charge < -0.3 is 20.3 Å². The van der Waals surface area contributed by atoms with Gasteiger partial charge in [-0.05, 0) is 22.0 Å². The van der Waals surface area contributed by atoms with E-state index in [2.05, 4.69) is 15.9 Å². The molecule has 0 aliphatic carbocycles. The lowest BCUT2D eigenvalue weighted by Gasteiger charge is -2.12. The van der Waals surface area contributed by atoms with Crippen LogP contribution >= 0.6 is 15.9 Å². The Morgan fingerprint density at radius 2 is 2.35 bits per heavy atom. The predicted molar refractivity (Wildman–Crippen MR) is 59.4 cm³/mol. The van der Waals surface area contributed by atoms with E-state index in [0.29, 0.717) is 5.75 Å². The quantitative estimate of drug-likeness (QED) is 0.890. The Bertz CT molecular complexity index is 480. The molecule has 0 fully saturated rings. The highest BCUT2D eigenvalue weighted by molar-refractivity contribution is 9.10. The molecule has 1 aliphatic rings. The van der Waals surface area contributed by atoms with Crippen molar-refractivity contribution in [2.45, 2.75) is 12.5 Å². The zero-order chi connectivity index (χ0) is 12.6. The van der Waals surface area contributed by atoms with E-state index < -0.39 is 17.8 Å². The molecule has 17 heavy (non-hydrogen) atoms. The molecular formula is C10H9BrFNO4. The lowest BCUT2D eigenvalue weighted by molar-refractivity contribution is -0.137. The molecule has 1 aromatic carbocycles. The number of fused-ring (bicyclic) bond motifs is 1. The number of ether oxygens (including phenoxy) is 2. The molecule has 1 heterocycles. The van der Waals surface area contributed by atoms with Gasteiger partial charge in [0.2, 0.25) is 6.79 Å². The smallest absolute Gasteiger partial charge is 0.305 e. The molecule has 7 heteroatoms. The first-order valence-corrected chi connectivity index (χ1v) is 5.55. The first-order valence-electron chi connectivity index (χ1n) is 4.75. The van der Waals surface area contributed by atoms with E-state index in [1.54, 1.807) is 0 Å². The molecule has 0 aromatic heterocycles. The standard InChI is InChI=1S/C10H9BrFNO4/c11-8-9(12)4(5(13)2-7(14)15)1-6-10(8)17-3-16-6/h1,5H,2-3,13H2,(H,14,15). The van der Waals surface area contributed by atoms with E-state index in [-0.39, 0.29) is 29.0 Å². The summed E-state index contributed by atoms with van der Waals surface area (Å²) in [5.74, 6) is -1.09. The summed E-state index contributed by atoms with van der Waals surface area (Å²) < 4.78 is 24.2. The van der Waals surface area contributed by atoms with Crippen LogP contribution in [0.15, 0.2) is 10.5 Å². The summed E-state index contributed by atoms with van der Waals surface area (Å²) in [5.41, 5.74) is 5.71. The monoisotopic (exact) mass is 305 g/mol. The molecule has 0 bridgehead atoms. The van der Waals surface area contributed by atoms with Crippen molar-refractivity contribution in [1.29, 1.82) is 0 Å². The number of carboxylic acid groups (broad SMARTS) is 1. The van der Waals surface area contributed by atoms with Crippen molar-refractivity contribution in [2.75, 3.05) is 6.79 Å². The number of hydrogen-bond donors (Lipinski definition) is 2. The fraction of sp³-hybridized carbons (Fsp3) is 0.300. The second-order valence-corrected chi connectivity index (χ2v) is 4.32. The normalized spacial score (nSPS) is 14.8. The molecule has 0 spiro atoms. The number of halogens is 2. The van der Waals surface area contributed by atoms with Gasteiger partial charge in [0.25, 0.3) is 0 Å². The van der Waals surface area contributed by atoms with Gasteiger partial charge in [0.15, 0.2) is 11.5 Å². The van der Waals surface area contributed by atoms with Crippen molar-refractivity contribution < 1.29 is 23.8 Å². The van der Waals surface area contributed by atoms with E-state index in [0.717, 1.165) is 0 Å². The van der Waals surface area contributed by atoms with Crippen LogP contribution in [0.3, 0.4) is 0 Å². The highest BCUT2D eigenvalue weighted by atomic mass is 79.9. The topological polar surface area (TPSA) is 81.8 Å². The highest BCUT2D eigenvalue weighted by Crippen LogP contribution is 2.43. The summed E-state index contributed by atoms with van der Waals surface area (Å²) in [4.78, 5) is 10.5. The van der Waals surface area contributed by atoms with Crippen molar-refractivity contribution in [3.05, 3.63) is 21.9 Å². The number of hydrogen-bond acceptors (Lipinski definition) is 4. The van der Waals surface area contributed by atoms with E-state index >= 15 is 0 Å². The molecule has 1 aliphatic heterocycles. The van der Waals surface area contributed by atoms with Gasteiger partial charge in [-0.3, -0.25) is 4.79 Å². The van der Waals surface area contributed by atoms with Gasteiger partial charge in [-0.25, -0.2) is 4.39 Å². The lowest BCUT2D eigenvalue weighted by Crippen LogP contribution is -2.16. The number of benzene rings is 1. The van der Waals surface area contributed by atoms with Crippen molar-refractivity contribution in [1.82, 2.24) is 0 Å². The Hall–Kier alpha value is -1.34. The van der Waals surface area contributed by atoms with Crippen LogP contribution in [0.2, 0.25) is 0 Å². The third-order valence-electron chi connectivity index (χ3n) is 2.37. The van der Waals surface area contributed by atoms with Crippen LogP contribution in [-0.2, 0) is 4.79 Å². The Kier molecular flexibility index (Phi) is 3.21. The molecule has 0 saturated carbocycles. The molecule has 3 N–H and O–H groups in total. The molecule has 1 atom stereocenters. The van der Waals surface area contributed by atoms with Crippen molar-refractivity contribution >= 4 is 21.9 Å². The molecule has 1 aromatic rings. The minimum absolute atomic E-state index is 0.00496. The first-order chi connectivity index (χ1) is 8.00. The summed E-state index contributed by atoms with van der Waals surface area (Å²) in [5, 5.41) is 8.63. The summed E-state index contributed by atoms with van der Waals surface area (Å²) in [7, 11) is 0. The van der Waals surface area contributed by atoms with Crippen LogP contribution in [0.4, 0.5) is 4.39 Å². The van der Waals surface area contributed by atoms with Crippen molar-refractivity contribution in [3.63, 3.8) is 0 Å². The third-order valence-corrected chi connectivity index (χ3v) is 3.08. The summed E-state index contributed by atoms with van der Waals surface area (Å²) in [6, 6.07) is 0.439. The third kappa shape index (κ3) is 2.20. The van der Waals surface area contributed by atoms with Gasteiger partial charge in [0.1, 0.15) is 5.82 Å². The minimum Gasteiger partial charge on any atom is -0.481 e. The fourth-order valence-electron chi connectivity index (χ4n) is 1.57. The molecule has 0 amide bonds. The number of carboxylic acids is 1. The number of aliphatic carboxylic acids is 1.